The van der Waals surface area contributed by atoms with Gasteiger partial charge in [-0.1, -0.05) is 148 Å². The summed E-state index contributed by atoms with van der Waals surface area (Å²) in [6, 6.07) is 10.1. The lowest BCUT2D eigenvalue weighted by atomic mass is 10.1. The van der Waals surface area contributed by atoms with Crippen LogP contribution in [0.1, 0.15) is 155 Å². The molecule has 0 aliphatic carbocycles. The third-order valence-electron chi connectivity index (χ3n) is 7.40. The molecule has 2 aromatic rings. The lowest BCUT2D eigenvalue weighted by Gasteiger charge is -2.07. The standard InChI is InChI=1S/C20H43N.C14H19N3S/c1-3-5-7-9-11-13-15-17-19-21-20-18-16-14-12-10-8-6-4-2;1-2-3-4-8-11-13-15-16-14(18)17(13)12-9-6-5-7-10-12/h21H,3-20H2,1-2H3;5-7,9-10H,2-4,8,11H2,1H3,(H,16,18). The molecule has 4 nitrogen and oxygen atoms in total. The molecule has 0 bridgehead atoms. The molecule has 0 fully saturated rings. The van der Waals surface area contributed by atoms with Crippen molar-refractivity contribution in [3.05, 3.63) is 36.2 Å². The van der Waals surface area contributed by atoms with Gasteiger partial charge in [0.25, 0.3) is 0 Å². The number of para-hydroxylation sites is 1. The number of aryl methyl sites for hydroxylation is 1. The van der Waals surface area contributed by atoms with Gasteiger partial charge in [0, 0.05) is 12.1 Å². The molecule has 224 valence electrons. The van der Waals surface area contributed by atoms with E-state index in [1.807, 2.05) is 22.8 Å². The molecule has 1 aromatic heterocycles. The third-order valence-corrected chi connectivity index (χ3v) is 7.68. The molecule has 0 aliphatic rings. The van der Waals surface area contributed by atoms with Crippen LogP contribution >= 0.6 is 12.6 Å². The number of hydrogen-bond acceptors (Lipinski definition) is 4. The van der Waals surface area contributed by atoms with E-state index >= 15 is 0 Å². The Bertz CT molecular complexity index is 744. The van der Waals surface area contributed by atoms with E-state index in [4.69, 9.17) is 0 Å². The van der Waals surface area contributed by atoms with Crippen LogP contribution in [0.5, 0.6) is 0 Å². The normalized spacial score (nSPS) is 11.0. The molecule has 1 heterocycles. The predicted octanol–water partition coefficient (Wildman–Crippen LogP) is 10.5. The summed E-state index contributed by atoms with van der Waals surface area (Å²) in [6.07, 6.45) is 28.7. The fourth-order valence-corrected chi connectivity index (χ4v) is 5.19. The number of nitrogens with one attached hydrogen (secondary N) is 1. The van der Waals surface area contributed by atoms with Gasteiger partial charge in [-0.3, -0.25) is 4.57 Å². The van der Waals surface area contributed by atoms with Crippen LogP contribution in [0.25, 0.3) is 5.69 Å². The Balaban J connectivity index is 0.000000393. The van der Waals surface area contributed by atoms with Gasteiger partial charge >= 0.3 is 0 Å². The minimum Gasteiger partial charge on any atom is -0.317 e. The Morgan fingerprint density at radius 1 is 0.564 bits per heavy atom. The molecule has 0 spiro atoms. The first-order valence-electron chi connectivity index (χ1n) is 16.6. The molecule has 0 saturated carbocycles. The second kappa shape index (κ2) is 26.9. The van der Waals surface area contributed by atoms with Crippen molar-refractivity contribution in [2.45, 2.75) is 161 Å². The van der Waals surface area contributed by atoms with Crippen LogP contribution in [0.2, 0.25) is 0 Å². The first kappa shape index (κ1) is 35.7. The van der Waals surface area contributed by atoms with E-state index in [1.165, 1.54) is 135 Å². The van der Waals surface area contributed by atoms with Gasteiger partial charge in [-0.25, -0.2) is 0 Å². The molecule has 0 aliphatic heterocycles. The van der Waals surface area contributed by atoms with Crippen molar-refractivity contribution in [2.24, 2.45) is 0 Å². The second-order valence-corrected chi connectivity index (χ2v) is 11.5. The van der Waals surface area contributed by atoms with Crippen molar-refractivity contribution in [3.63, 3.8) is 0 Å². The zero-order chi connectivity index (χ0) is 28.2. The van der Waals surface area contributed by atoms with Crippen molar-refractivity contribution in [1.29, 1.82) is 0 Å². The summed E-state index contributed by atoms with van der Waals surface area (Å²) < 4.78 is 2.02. The highest BCUT2D eigenvalue weighted by Crippen LogP contribution is 2.17. The van der Waals surface area contributed by atoms with E-state index < -0.39 is 0 Å². The Morgan fingerprint density at radius 3 is 1.49 bits per heavy atom. The molecular weight excluding hydrogens is 496 g/mol. The summed E-state index contributed by atoms with van der Waals surface area (Å²) in [5.74, 6) is 1.00. The van der Waals surface area contributed by atoms with Crippen LogP contribution in [0.15, 0.2) is 35.5 Å². The van der Waals surface area contributed by atoms with E-state index in [9.17, 15) is 0 Å². The fourth-order valence-electron chi connectivity index (χ4n) is 4.91. The molecule has 0 saturated heterocycles. The van der Waals surface area contributed by atoms with Crippen LogP contribution in [0, 0.1) is 0 Å². The van der Waals surface area contributed by atoms with Crippen LogP contribution in [0.4, 0.5) is 0 Å². The third kappa shape index (κ3) is 19.4. The van der Waals surface area contributed by atoms with Crippen molar-refractivity contribution in [2.75, 3.05) is 13.1 Å². The number of benzene rings is 1. The quantitative estimate of drug-likeness (QED) is 0.0994. The molecule has 0 atom stereocenters. The van der Waals surface area contributed by atoms with Gasteiger partial charge in [-0.05, 0) is 44.5 Å². The van der Waals surface area contributed by atoms with E-state index in [2.05, 4.69) is 61.0 Å². The average molecular weight is 559 g/mol. The zero-order valence-electron chi connectivity index (χ0n) is 25.9. The van der Waals surface area contributed by atoms with E-state index in [-0.39, 0.29) is 0 Å². The van der Waals surface area contributed by atoms with Crippen LogP contribution in [-0.4, -0.2) is 27.9 Å². The summed E-state index contributed by atoms with van der Waals surface area (Å²) in [4.78, 5) is 0. The largest absolute Gasteiger partial charge is 0.317 e. The Labute approximate surface area is 248 Å². The maximum absolute atomic E-state index is 4.38. The van der Waals surface area contributed by atoms with Gasteiger partial charge in [-0.15, -0.1) is 22.8 Å². The highest BCUT2D eigenvalue weighted by molar-refractivity contribution is 7.80. The molecule has 0 amide bonds. The van der Waals surface area contributed by atoms with E-state index in [0.29, 0.717) is 5.16 Å². The maximum atomic E-state index is 4.38. The van der Waals surface area contributed by atoms with Gasteiger partial charge < -0.3 is 5.32 Å². The molecule has 0 radical (unpaired) electrons. The zero-order valence-corrected chi connectivity index (χ0v) is 26.8. The number of unbranched alkanes of at least 4 members (excludes halogenated alkanes) is 17. The van der Waals surface area contributed by atoms with E-state index in [1.54, 1.807) is 0 Å². The highest BCUT2D eigenvalue weighted by Gasteiger charge is 2.10. The molecule has 1 N–H and O–H groups in total. The summed E-state index contributed by atoms with van der Waals surface area (Å²) >= 11 is 4.38. The van der Waals surface area contributed by atoms with E-state index in [0.717, 1.165) is 24.4 Å². The van der Waals surface area contributed by atoms with Crippen molar-refractivity contribution < 1.29 is 0 Å². The van der Waals surface area contributed by atoms with Crippen LogP contribution in [0.3, 0.4) is 0 Å². The maximum Gasteiger partial charge on any atom is 0.192 e. The molecule has 1 aromatic carbocycles. The smallest absolute Gasteiger partial charge is 0.192 e. The average Bonchev–Trinajstić information content (AvgIpc) is 3.33. The number of rotatable bonds is 24. The topological polar surface area (TPSA) is 42.7 Å². The number of aromatic nitrogens is 3. The first-order valence-corrected chi connectivity index (χ1v) is 17.1. The summed E-state index contributed by atoms with van der Waals surface area (Å²) in [5, 5.41) is 12.6. The van der Waals surface area contributed by atoms with Gasteiger partial charge in [0.1, 0.15) is 5.82 Å². The minimum absolute atomic E-state index is 0.659. The monoisotopic (exact) mass is 558 g/mol. The molecule has 5 heteroatoms. The lowest BCUT2D eigenvalue weighted by molar-refractivity contribution is 0.532. The Kier molecular flexibility index (Phi) is 24.6. The molecule has 39 heavy (non-hydrogen) atoms. The summed E-state index contributed by atoms with van der Waals surface area (Å²) in [7, 11) is 0. The Morgan fingerprint density at radius 2 is 1.00 bits per heavy atom. The van der Waals surface area contributed by atoms with Gasteiger partial charge in [0.2, 0.25) is 0 Å². The summed E-state index contributed by atoms with van der Waals surface area (Å²) in [6.45, 7) is 9.28. The minimum atomic E-state index is 0.659. The van der Waals surface area contributed by atoms with Crippen LogP contribution in [-0.2, 0) is 6.42 Å². The molecular formula is C34H62N4S. The summed E-state index contributed by atoms with van der Waals surface area (Å²) in [5.41, 5.74) is 1.08. The van der Waals surface area contributed by atoms with Gasteiger partial charge in [0.05, 0.1) is 0 Å². The number of hydrogen-bond donors (Lipinski definition) is 2. The van der Waals surface area contributed by atoms with Crippen molar-refractivity contribution in [3.8, 4) is 5.69 Å². The highest BCUT2D eigenvalue weighted by atomic mass is 32.1. The van der Waals surface area contributed by atoms with Crippen molar-refractivity contribution >= 4 is 12.6 Å². The van der Waals surface area contributed by atoms with Crippen LogP contribution < -0.4 is 5.32 Å². The first-order chi connectivity index (χ1) is 19.2. The molecule has 0 unspecified atom stereocenters. The van der Waals surface area contributed by atoms with Gasteiger partial charge in [-0.2, -0.15) is 0 Å². The fraction of sp³-hybridized carbons (Fsp3) is 0.765. The van der Waals surface area contributed by atoms with Gasteiger partial charge in [0.15, 0.2) is 5.16 Å². The Hall–Kier alpha value is -1.33. The molecule has 2 rings (SSSR count). The predicted molar refractivity (Wildman–Crippen MR) is 175 cm³/mol. The number of nitrogens with zero attached hydrogens (tertiary/aromatic N) is 3. The van der Waals surface area contributed by atoms with Crippen molar-refractivity contribution in [1.82, 2.24) is 20.1 Å². The number of thiol groups is 1. The second-order valence-electron chi connectivity index (χ2n) is 11.1. The lowest BCUT2D eigenvalue weighted by Crippen LogP contribution is -2.16. The SMILES string of the molecule is CCCCCCCCCCNCCCCCCCCCC.CCCCCCc1nnc(S)n1-c1ccccc1.